The van der Waals surface area contributed by atoms with Crippen LogP contribution in [0.2, 0.25) is 0 Å². The van der Waals surface area contributed by atoms with Gasteiger partial charge in [-0.05, 0) is 19.4 Å². The molecule has 1 aromatic carbocycles. The lowest BCUT2D eigenvalue weighted by molar-refractivity contribution is 0.0386. The fraction of sp³-hybridized carbons (Fsp3) is 0.625. The molecular formula is C16H27NO3. The van der Waals surface area contributed by atoms with Crippen molar-refractivity contribution in [2.75, 3.05) is 40.5 Å². The van der Waals surface area contributed by atoms with Crippen molar-refractivity contribution in [3.05, 3.63) is 35.4 Å². The van der Waals surface area contributed by atoms with E-state index in [0.717, 1.165) is 12.1 Å². The van der Waals surface area contributed by atoms with Gasteiger partial charge in [-0.25, -0.2) is 0 Å². The van der Waals surface area contributed by atoms with Gasteiger partial charge in [0, 0.05) is 33.4 Å². The van der Waals surface area contributed by atoms with Crippen LogP contribution < -0.4 is 0 Å². The van der Waals surface area contributed by atoms with Gasteiger partial charge in [0.1, 0.15) is 0 Å². The number of benzene rings is 1. The third-order valence-corrected chi connectivity index (χ3v) is 3.48. The molecule has 4 heteroatoms. The lowest BCUT2D eigenvalue weighted by atomic mass is 10.1. The molecule has 0 saturated carbocycles. The predicted octanol–water partition coefficient (Wildman–Crippen LogP) is 2.01. The van der Waals surface area contributed by atoms with E-state index in [1.165, 1.54) is 5.56 Å². The maximum absolute atomic E-state index is 10.4. The second kappa shape index (κ2) is 9.08. The molecule has 0 aliphatic heterocycles. The van der Waals surface area contributed by atoms with Crippen LogP contribution in [0.25, 0.3) is 0 Å². The van der Waals surface area contributed by atoms with Gasteiger partial charge in [-0.1, -0.05) is 29.8 Å². The Bertz CT molecular complexity index is 366. The van der Waals surface area contributed by atoms with Crippen LogP contribution in [-0.4, -0.2) is 56.6 Å². The zero-order valence-electron chi connectivity index (χ0n) is 13.0. The minimum Gasteiger partial charge on any atom is -0.387 e. The van der Waals surface area contributed by atoms with E-state index in [0.29, 0.717) is 19.8 Å². The zero-order valence-corrected chi connectivity index (χ0v) is 13.0. The minimum absolute atomic E-state index is 0.246. The SMILES string of the molecule is COCCN(CC(O)c1ccc(C)cc1)C(C)COC. The van der Waals surface area contributed by atoms with Crippen LogP contribution in [0.5, 0.6) is 0 Å². The van der Waals surface area contributed by atoms with E-state index in [-0.39, 0.29) is 6.04 Å². The van der Waals surface area contributed by atoms with Crippen LogP contribution in [-0.2, 0) is 9.47 Å². The summed E-state index contributed by atoms with van der Waals surface area (Å²) >= 11 is 0. The molecule has 2 atom stereocenters. The Morgan fingerprint density at radius 3 is 2.35 bits per heavy atom. The number of aliphatic hydroxyl groups excluding tert-OH is 1. The number of rotatable bonds is 9. The Morgan fingerprint density at radius 2 is 1.80 bits per heavy atom. The van der Waals surface area contributed by atoms with Gasteiger partial charge >= 0.3 is 0 Å². The molecule has 0 heterocycles. The predicted molar refractivity (Wildman–Crippen MR) is 80.9 cm³/mol. The minimum atomic E-state index is -0.494. The Morgan fingerprint density at radius 1 is 1.15 bits per heavy atom. The summed E-state index contributed by atoms with van der Waals surface area (Å²) in [6, 6.07) is 8.26. The number of hydrogen-bond donors (Lipinski definition) is 1. The monoisotopic (exact) mass is 281 g/mol. The van der Waals surface area contributed by atoms with Gasteiger partial charge in [-0.3, -0.25) is 4.90 Å². The standard InChI is InChI=1S/C16H27NO3/c1-13-5-7-15(8-6-13)16(18)11-17(9-10-19-3)14(2)12-20-4/h5-8,14,16,18H,9-12H2,1-4H3. The second-order valence-corrected chi connectivity index (χ2v) is 5.22. The second-order valence-electron chi connectivity index (χ2n) is 5.22. The maximum Gasteiger partial charge on any atom is 0.0917 e. The van der Waals surface area contributed by atoms with Crippen molar-refractivity contribution in [3.63, 3.8) is 0 Å². The van der Waals surface area contributed by atoms with Crippen molar-refractivity contribution >= 4 is 0 Å². The van der Waals surface area contributed by atoms with Crippen molar-refractivity contribution in [1.29, 1.82) is 0 Å². The van der Waals surface area contributed by atoms with Crippen molar-refractivity contribution in [1.82, 2.24) is 4.90 Å². The molecule has 0 saturated heterocycles. The lowest BCUT2D eigenvalue weighted by Crippen LogP contribution is -2.41. The molecule has 114 valence electrons. The zero-order chi connectivity index (χ0) is 15.0. The highest BCUT2D eigenvalue weighted by atomic mass is 16.5. The molecular weight excluding hydrogens is 254 g/mol. The summed E-state index contributed by atoms with van der Waals surface area (Å²) in [5.41, 5.74) is 2.15. The molecule has 0 bridgehead atoms. The molecule has 4 nitrogen and oxygen atoms in total. The number of methoxy groups -OCH3 is 2. The van der Waals surface area contributed by atoms with E-state index in [2.05, 4.69) is 11.8 Å². The van der Waals surface area contributed by atoms with E-state index in [9.17, 15) is 5.11 Å². The molecule has 0 amide bonds. The average Bonchev–Trinajstić information content (AvgIpc) is 2.44. The molecule has 0 fully saturated rings. The van der Waals surface area contributed by atoms with Gasteiger partial charge in [0.25, 0.3) is 0 Å². The molecule has 0 aliphatic rings. The Balaban J connectivity index is 2.64. The third-order valence-electron chi connectivity index (χ3n) is 3.48. The summed E-state index contributed by atoms with van der Waals surface area (Å²) in [7, 11) is 3.39. The number of aliphatic hydroxyl groups is 1. The van der Waals surface area contributed by atoms with Crippen molar-refractivity contribution in [3.8, 4) is 0 Å². The summed E-state index contributed by atoms with van der Waals surface area (Å²) in [5, 5.41) is 10.4. The van der Waals surface area contributed by atoms with Crippen LogP contribution in [0.4, 0.5) is 0 Å². The van der Waals surface area contributed by atoms with E-state index < -0.39 is 6.10 Å². The molecule has 2 unspecified atom stereocenters. The number of nitrogens with zero attached hydrogens (tertiary/aromatic N) is 1. The van der Waals surface area contributed by atoms with Crippen LogP contribution in [0.1, 0.15) is 24.2 Å². The molecule has 0 radical (unpaired) electrons. The van der Waals surface area contributed by atoms with Crippen LogP contribution in [0.15, 0.2) is 24.3 Å². The molecule has 1 rings (SSSR count). The molecule has 1 N–H and O–H groups in total. The maximum atomic E-state index is 10.4. The lowest BCUT2D eigenvalue weighted by Gasteiger charge is -2.30. The summed E-state index contributed by atoms with van der Waals surface area (Å²) in [4.78, 5) is 2.19. The van der Waals surface area contributed by atoms with Crippen LogP contribution in [0, 0.1) is 6.92 Å². The summed E-state index contributed by atoms with van der Waals surface area (Å²) < 4.78 is 10.3. The van der Waals surface area contributed by atoms with Gasteiger partial charge in [0.2, 0.25) is 0 Å². The molecule has 0 aromatic heterocycles. The summed E-state index contributed by atoms with van der Waals surface area (Å²) in [5.74, 6) is 0. The first kappa shape index (κ1) is 17.1. The number of aryl methyl sites for hydroxylation is 1. The van der Waals surface area contributed by atoms with Gasteiger partial charge in [-0.15, -0.1) is 0 Å². The van der Waals surface area contributed by atoms with E-state index in [1.807, 2.05) is 31.2 Å². The first-order valence-electron chi connectivity index (χ1n) is 7.05. The van der Waals surface area contributed by atoms with Crippen molar-refractivity contribution < 1.29 is 14.6 Å². The number of ether oxygens (including phenoxy) is 2. The highest BCUT2D eigenvalue weighted by molar-refractivity contribution is 5.23. The van der Waals surface area contributed by atoms with Gasteiger partial charge in [-0.2, -0.15) is 0 Å². The Labute approximate surface area is 122 Å². The Hall–Kier alpha value is -0.940. The van der Waals surface area contributed by atoms with Crippen LogP contribution in [0.3, 0.4) is 0 Å². The van der Waals surface area contributed by atoms with E-state index >= 15 is 0 Å². The van der Waals surface area contributed by atoms with Crippen LogP contribution >= 0.6 is 0 Å². The molecule has 0 spiro atoms. The van der Waals surface area contributed by atoms with Gasteiger partial charge in [0.05, 0.1) is 19.3 Å². The fourth-order valence-corrected chi connectivity index (χ4v) is 2.16. The topological polar surface area (TPSA) is 41.9 Å². The van der Waals surface area contributed by atoms with Crippen molar-refractivity contribution in [2.45, 2.75) is 26.0 Å². The third kappa shape index (κ3) is 5.59. The molecule has 20 heavy (non-hydrogen) atoms. The van der Waals surface area contributed by atoms with E-state index in [4.69, 9.17) is 9.47 Å². The Kier molecular flexibility index (Phi) is 7.77. The fourth-order valence-electron chi connectivity index (χ4n) is 2.16. The largest absolute Gasteiger partial charge is 0.387 e. The quantitative estimate of drug-likeness (QED) is 0.752. The normalized spacial score (nSPS) is 14.5. The molecule has 1 aromatic rings. The highest BCUT2D eigenvalue weighted by Crippen LogP contribution is 2.16. The highest BCUT2D eigenvalue weighted by Gasteiger charge is 2.18. The van der Waals surface area contributed by atoms with Gasteiger partial charge < -0.3 is 14.6 Å². The van der Waals surface area contributed by atoms with E-state index in [1.54, 1.807) is 14.2 Å². The van der Waals surface area contributed by atoms with Crippen molar-refractivity contribution in [2.24, 2.45) is 0 Å². The number of hydrogen-bond acceptors (Lipinski definition) is 4. The first-order valence-corrected chi connectivity index (χ1v) is 7.05. The summed E-state index contributed by atoms with van der Waals surface area (Å²) in [6.45, 7) is 6.79. The average molecular weight is 281 g/mol. The smallest absolute Gasteiger partial charge is 0.0917 e. The molecule has 0 aliphatic carbocycles. The summed E-state index contributed by atoms with van der Waals surface area (Å²) in [6.07, 6.45) is -0.494. The van der Waals surface area contributed by atoms with Gasteiger partial charge in [0.15, 0.2) is 0 Å². The first-order chi connectivity index (χ1) is 9.58.